The van der Waals surface area contributed by atoms with E-state index < -0.39 is 0 Å². The third kappa shape index (κ3) is 3.23. The Balaban J connectivity index is 1.93. The van der Waals surface area contributed by atoms with E-state index in [9.17, 15) is 4.79 Å². The molecule has 122 valence electrons. The minimum Gasteiger partial charge on any atom is -0.497 e. The number of carbonyl (C=O) groups excluding carboxylic acids is 1. The number of thiocarbonyl (C=S) groups is 1. The highest BCUT2D eigenvalue weighted by Crippen LogP contribution is 2.36. The molecule has 0 spiro atoms. The van der Waals surface area contributed by atoms with Crippen LogP contribution in [0.15, 0.2) is 47.4 Å². The topological polar surface area (TPSA) is 29.5 Å². The van der Waals surface area contributed by atoms with Crippen LogP contribution in [0.2, 0.25) is 0 Å². The summed E-state index contributed by atoms with van der Waals surface area (Å²) in [7, 11) is 1.62. The molecule has 0 aliphatic carbocycles. The summed E-state index contributed by atoms with van der Waals surface area (Å²) in [6, 6.07) is 13.5. The number of methoxy groups -OCH3 is 1. The molecule has 0 N–H and O–H groups in total. The van der Waals surface area contributed by atoms with Crippen molar-refractivity contribution in [3.63, 3.8) is 0 Å². The standard InChI is InChI=1S/C19H17NO2S2/c1-12-7-8-15(9-13(12)2)20-18(21)17(24-19(20)23)11-14-5-4-6-16(10-14)22-3/h4-11H,1-3H3/b17-11-. The van der Waals surface area contributed by atoms with Crippen LogP contribution < -0.4 is 9.64 Å². The van der Waals surface area contributed by atoms with E-state index in [1.54, 1.807) is 12.0 Å². The molecule has 1 saturated heterocycles. The van der Waals surface area contributed by atoms with Gasteiger partial charge in [-0.2, -0.15) is 0 Å². The Kier molecular flexibility index (Phi) is 4.73. The molecule has 1 fully saturated rings. The summed E-state index contributed by atoms with van der Waals surface area (Å²) in [5.41, 5.74) is 4.05. The summed E-state index contributed by atoms with van der Waals surface area (Å²) < 4.78 is 5.78. The van der Waals surface area contributed by atoms with Gasteiger partial charge < -0.3 is 4.74 Å². The second-order valence-corrected chi connectivity index (χ2v) is 7.24. The molecule has 5 heteroatoms. The van der Waals surface area contributed by atoms with Crippen LogP contribution in [0.1, 0.15) is 16.7 Å². The second-order valence-electron chi connectivity index (χ2n) is 5.56. The fourth-order valence-electron chi connectivity index (χ4n) is 2.44. The number of anilines is 1. The minimum absolute atomic E-state index is 0.0870. The number of hydrogen-bond acceptors (Lipinski definition) is 4. The first-order valence-corrected chi connectivity index (χ1v) is 8.71. The molecule has 0 unspecified atom stereocenters. The van der Waals surface area contributed by atoms with E-state index in [0.29, 0.717) is 9.23 Å². The van der Waals surface area contributed by atoms with Crippen LogP contribution in [0.25, 0.3) is 6.08 Å². The lowest BCUT2D eigenvalue weighted by atomic mass is 10.1. The third-order valence-electron chi connectivity index (χ3n) is 3.93. The fourth-order valence-corrected chi connectivity index (χ4v) is 3.74. The molecule has 0 bridgehead atoms. The molecule has 0 atom stereocenters. The van der Waals surface area contributed by atoms with Gasteiger partial charge in [0.2, 0.25) is 0 Å². The zero-order valence-corrected chi connectivity index (χ0v) is 15.3. The second kappa shape index (κ2) is 6.79. The van der Waals surface area contributed by atoms with E-state index in [1.165, 1.54) is 17.3 Å². The van der Waals surface area contributed by atoms with E-state index >= 15 is 0 Å². The Morgan fingerprint density at radius 2 is 1.92 bits per heavy atom. The van der Waals surface area contributed by atoms with Crippen molar-refractivity contribution in [1.82, 2.24) is 0 Å². The average molecular weight is 355 g/mol. The van der Waals surface area contributed by atoms with Crippen molar-refractivity contribution in [3.8, 4) is 5.75 Å². The Morgan fingerprint density at radius 1 is 1.12 bits per heavy atom. The van der Waals surface area contributed by atoms with Gasteiger partial charge in [-0.3, -0.25) is 9.69 Å². The molecule has 2 aromatic rings. The normalized spacial score (nSPS) is 16.1. The number of rotatable bonds is 3. The van der Waals surface area contributed by atoms with Crippen molar-refractivity contribution < 1.29 is 9.53 Å². The third-order valence-corrected chi connectivity index (χ3v) is 5.24. The molecule has 2 aromatic carbocycles. The van der Waals surface area contributed by atoms with Gasteiger partial charge in [-0.15, -0.1) is 0 Å². The molecular weight excluding hydrogens is 338 g/mol. The molecule has 1 aliphatic rings. The van der Waals surface area contributed by atoms with Gasteiger partial charge in [0.05, 0.1) is 17.7 Å². The zero-order chi connectivity index (χ0) is 17.3. The van der Waals surface area contributed by atoms with Crippen LogP contribution in [0.3, 0.4) is 0 Å². The Morgan fingerprint density at radius 3 is 2.62 bits per heavy atom. The van der Waals surface area contributed by atoms with Gasteiger partial charge in [0.15, 0.2) is 4.32 Å². The van der Waals surface area contributed by atoms with Crippen molar-refractivity contribution >= 4 is 46.0 Å². The first kappa shape index (κ1) is 16.7. The lowest BCUT2D eigenvalue weighted by molar-refractivity contribution is -0.113. The maximum Gasteiger partial charge on any atom is 0.270 e. The van der Waals surface area contributed by atoms with Crippen LogP contribution in [0.4, 0.5) is 5.69 Å². The van der Waals surface area contributed by atoms with Gasteiger partial charge >= 0.3 is 0 Å². The molecular formula is C19H17NO2S2. The van der Waals surface area contributed by atoms with E-state index in [0.717, 1.165) is 22.6 Å². The summed E-state index contributed by atoms with van der Waals surface area (Å²) >= 11 is 6.74. The monoisotopic (exact) mass is 355 g/mol. The minimum atomic E-state index is -0.0870. The van der Waals surface area contributed by atoms with E-state index in [1.807, 2.05) is 62.4 Å². The van der Waals surface area contributed by atoms with E-state index in [2.05, 4.69) is 0 Å². The lowest BCUT2D eigenvalue weighted by Crippen LogP contribution is -2.27. The van der Waals surface area contributed by atoms with E-state index in [-0.39, 0.29) is 5.91 Å². The van der Waals surface area contributed by atoms with Crippen LogP contribution in [0, 0.1) is 13.8 Å². The van der Waals surface area contributed by atoms with Crippen molar-refractivity contribution in [1.29, 1.82) is 0 Å². The SMILES string of the molecule is COc1cccc(/C=C2\SC(=S)N(c3ccc(C)c(C)c3)C2=O)c1. The number of aryl methyl sites for hydroxylation is 2. The highest BCUT2D eigenvalue weighted by Gasteiger charge is 2.33. The smallest absolute Gasteiger partial charge is 0.270 e. The highest BCUT2D eigenvalue weighted by atomic mass is 32.2. The van der Waals surface area contributed by atoms with Gasteiger partial charge in [-0.05, 0) is 60.9 Å². The number of hydrogen-bond donors (Lipinski definition) is 0. The van der Waals surface area contributed by atoms with Gasteiger partial charge in [0.25, 0.3) is 5.91 Å². The summed E-state index contributed by atoms with van der Waals surface area (Å²) in [5.74, 6) is 0.671. The number of benzene rings is 2. The number of ether oxygens (including phenoxy) is 1. The number of amides is 1. The lowest BCUT2D eigenvalue weighted by Gasteiger charge is -2.15. The maximum atomic E-state index is 12.8. The summed E-state index contributed by atoms with van der Waals surface area (Å²) in [6.45, 7) is 4.08. The summed E-state index contributed by atoms with van der Waals surface area (Å²) in [6.07, 6.45) is 1.85. The quantitative estimate of drug-likeness (QED) is 0.589. The Labute approximate surface area is 151 Å². The maximum absolute atomic E-state index is 12.8. The van der Waals surface area contributed by atoms with Crippen LogP contribution in [-0.2, 0) is 4.79 Å². The predicted octanol–water partition coefficient (Wildman–Crippen LogP) is 4.72. The fraction of sp³-hybridized carbons (Fsp3) is 0.158. The molecule has 0 saturated carbocycles. The molecule has 0 aromatic heterocycles. The van der Waals surface area contributed by atoms with Gasteiger partial charge in [0.1, 0.15) is 5.75 Å². The first-order chi connectivity index (χ1) is 11.5. The van der Waals surface area contributed by atoms with Gasteiger partial charge in [-0.25, -0.2) is 0 Å². The number of carbonyl (C=O) groups is 1. The zero-order valence-electron chi connectivity index (χ0n) is 13.7. The van der Waals surface area contributed by atoms with Crippen molar-refractivity contribution in [2.24, 2.45) is 0 Å². The summed E-state index contributed by atoms with van der Waals surface area (Å²) in [4.78, 5) is 15.0. The Bertz CT molecular complexity index is 858. The number of thioether (sulfide) groups is 1. The molecule has 1 heterocycles. The molecule has 0 radical (unpaired) electrons. The van der Waals surface area contributed by atoms with Gasteiger partial charge in [0, 0.05) is 0 Å². The Hall–Kier alpha value is -2.11. The van der Waals surface area contributed by atoms with Crippen molar-refractivity contribution in [3.05, 3.63) is 64.1 Å². The molecule has 3 rings (SSSR count). The molecule has 1 amide bonds. The summed E-state index contributed by atoms with van der Waals surface area (Å²) in [5, 5.41) is 0. The molecule has 1 aliphatic heterocycles. The van der Waals surface area contributed by atoms with Crippen LogP contribution >= 0.6 is 24.0 Å². The molecule has 24 heavy (non-hydrogen) atoms. The number of nitrogens with zero attached hydrogens (tertiary/aromatic N) is 1. The highest BCUT2D eigenvalue weighted by molar-refractivity contribution is 8.27. The van der Waals surface area contributed by atoms with E-state index in [4.69, 9.17) is 17.0 Å². The van der Waals surface area contributed by atoms with Gasteiger partial charge in [-0.1, -0.05) is 42.2 Å². The van der Waals surface area contributed by atoms with Crippen molar-refractivity contribution in [2.75, 3.05) is 12.0 Å². The first-order valence-electron chi connectivity index (χ1n) is 7.49. The van der Waals surface area contributed by atoms with Crippen molar-refractivity contribution in [2.45, 2.75) is 13.8 Å². The van der Waals surface area contributed by atoms with Crippen LogP contribution in [0.5, 0.6) is 5.75 Å². The molecule has 3 nitrogen and oxygen atoms in total. The average Bonchev–Trinajstić information content (AvgIpc) is 2.84. The predicted molar refractivity (Wildman–Crippen MR) is 105 cm³/mol. The largest absolute Gasteiger partial charge is 0.497 e. The van der Waals surface area contributed by atoms with Crippen LogP contribution in [-0.4, -0.2) is 17.3 Å².